The normalized spacial score (nSPS) is 10.5. The fraction of sp³-hybridized carbons (Fsp3) is 0.217. The van der Waals surface area contributed by atoms with E-state index < -0.39 is 0 Å². The summed E-state index contributed by atoms with van der Waals surface area (Å²) in [7, 11) is 0. The van der Waals surface area contributed by atoms with Gasteiger partial charge in [-0.05, 0) is 406 Å². The van der Waals surface area contributed by atoms with E-state index >= 15 is 0 Å². The SMILES string of the molecule is Cc1cc(C)c2cc(C)ccc2c1.Cc1cc(C)c2cc(C)ccc2c1.Cc1ccc(-c2ccc(C)c(C)c2)cc1.Cc1ccc(-c2ccc(C)c(C)c2)cc1.Cc1ccc(-c2ccc(C)cc2C)cc1.Cc1ccc(-c2ccc(C)cc2C)cc1.Cc1ccc2c(C)c(C)ccc2c1.Cc1ccc2c(C)c(C)ccc2c1.Cc1ccc2cc(C)c(C)cc2c1.Cc1ccc2cc(C)c(C)cc2c1. The van der Waals surface area contributed by atoms with Crippen molar-refractivity contribution >= 4 is 64.6 Å². The van der Waals surface area contributed by atoms with E-state index in [2.05, 4.69) is 560 Å². The van der Waals surface area contributed by atoms with Gasteiger partial charge in [-0.15, -0.1) is 0 Å². The number of hydrogen-bond donors (Lipinski definition) is 0. The molecule has 0 nitrogen and oxygen atoms in total. The lowest BCUT2D eigenvalue weighted by Gasteiger charge is -2.07. The van der Waals surface area contributed by atoms with E-state index in [1.807, 2.05) is 0 Å². The third-order valence-electron chi connectivity index (χ3n) is 26.8. The quantitative estimate of drug-likeness (QED) is 0.165. The first-order valence-corrected chi connectivity index (χ1v) is 49.1. The Morgan fingerprint density at radius 1 is 0.0942 bits per heavy atom. The van der Waals surface area contributed by atoms with Gasteiger partial charge in [0.25, 0.3) is 0 Å². The highest BCUT2D eigenvalue weighted by atomic mass is 14.1. The van der Waals surface area contributed by atoms with Crippen LogP contribution in [0.1, 0.15) is 167 Å². The van der Waals surface area contributed by atoms with Gasteiger partial charge in [-0.25, -0.2) is 0 Å². The van der Waals surface area contributed by atoms with Gasteiger partial charge in [0, 0.05) is 0 Å². The van der Waals surface area contributed by atoms with Crippen LogP contribution in [0, 0.1) is 208 Å². The largest absolute Gasteiger partial charge is 0.0587 e. The number of hydrogen-bond acceptors (Lipinski definition) is 0. The highest BCUT2D eigenvalue weighted by Gasteiger charge is 2.10. The molecule has 0 fully saturated rings. The van der Waals surface area contributed by atoms with E-state index in [4.69, 9.17) is 0 Å². The van der Waals surface area contributed by atoms with E-state index in [1.54, 1.807) is 0 Å². The summed E-state index contributed by atoms with van der Waals surface area (Å²) in [4.78, 5) is 0. The van der Waals surface area contributed by atoms with Crippen LogP contribution in [0.4, 0.5) is 0 Å². The molecular weight excluding hydrogens is 1660 g/mol. The maximum atomic E-state index is 2.26. The average Bonchev–Trinajstić information content (AvgIpc) is 0.804. The fourth-order valence-corrected chi connectivity index (χ4v) is 17.5. The molecule has 0 aliphatic heterocycles. The van der Waals surface area contributed by atoms with Crippen molar-refractivity contribution in [1.29, 1.82) is 0 Å². The lowest BCUT2D eigenvalue weighted by molar-refractivity contribution is 1.34. The van der Waals surface area contributed by atoms with E-state index in [-0.39, 0.29) is 0 Å². The molecule has 20 aromatic carbocycles. The molecule has 0 atom stereocenters. The Balaban J connectivity index is 0.000000147. The zero-order chi connectivity index (χ0) is 99.9. The van der Waals surface area contributed by atoms with Gasteiger partial charge < -0.3 is 0 Å². The van der Waals surface area contributed by atoms with E-state index in [0.717, 1.165) is 0 Å². The van der Waals surface area contributed by atoms with Gasteiger partial charge in [0.1, 0.15) is 0 Å². The molecular formula is C138H148. The molecule has 138 heavy (non-hydrogen) atoms. The Kier molecular flexibility index (Phi) is 36.8. The molecule has 0 aliphatic rings. The second-order valence-electron chi connectivity index (χ2n) is 39.3. The van der Waals surface area contributed by atoms with E-state index in [0.29, 0.717) is 0 Å². The molecule has 0 amide bonds. The zero-order valence-electron chi connectivity index (χ0n) is 88.5. The minimum atomic E-state index is 1.30. The highest BCUT2D eigenvalue weighted by molar-refractivity contribution is 5.91. The molecule has 0 saturated carbocycles. The van der Waals surface area contributed by atoms with Gasteiger partial charge in [0.2, 0.25) is 0 Å². The number of fused-ring (bicyclic) bond motifs is 6. The smallest absolute Gasteiger partial charge is 0.0152 e. The van der Waals surface area contributed by atoms with Crippen LogP contribution < -0.4 is 0 Å². The number of rotatable bonds is 4. The first-order chi connectivity index (χ1) is 65.7. The van der Waals surface area contributed by atoms with Crippen molar-refractivity contribution in [2.24, 2.45) is 0 Å². The molecule has 0 spiro atoms. The van der Waals surface area contributed by atoms with Crippen LogP contribution in [-0.2, 0) is 0 Å². The molecule has 0 aliphatic carbocycles. The Labute approximate surface area is 829 Å². The van der Waals surface area contributed by atoms with Crippen LogP contribution in [0.2, 0.25) is 0 Å². The van der Waals surface area contributed by atoms with Crippen molar-refractivity contribution in [1.82, 2.24) is 0 Å². The average molecular weight is 1810 g/mol. The van der Waals surface area contributed by atoms with E-state index in [9.17, 15) is 0 Å². The molecule has 0 heterocycles. The molecule has 0 aromatic heterocycles. The van der Waals surface area contributed by atoms with Crippen molar-refractivity contribution in [3.63, 3.8) is 0 Å². The minimum absolute atomic E-state index is 1.30. The Bertz CT molecular complexity index is 7080. The number of aryl methyl sites for hydroxylation is 30. The Morgan fingerprint density at radius 2 is 0.304 bits per heavy atom. The lowest BCUT2D eigenvalue weighted by Crippen LogP contribution is -1.84. The summed E-state index contributed by atoms with van der Waals surface area (Å²) in [6.45, 7) is 64.5. The molecule has 0 N–H and O–H groups in total. The molecule has 0 bridgehead atoms. The summed E-state index contributed by atoms with van der Waals surface area (Å²) in [6, 6.07) is 128. The predicted octanol–water partition coefficient (Wildman–Crippen LogP) is 39.7. The summed E-state index contributed by atoms with van der Waals surface area (Å²) in [5.41, 5.74) is 50.9. The van der Waals surface area contributed by atoms with Gasteiger partial charge in [0.05, 0.1) is 0 Å². The molecule has 700 valence electrons. The van der Waals surface area contributed by atoms with Gasteiger partial charge >= 0.3 is 0 Å². The molecule has 20 rings (SSSR count). The second kappa shape index (κ2) is 48.6. The summed E-state index contributed by atoms with van der Waals surface area (Å²) in [5, 5.41) is 16.3. The maximum Gasteiger partial charge on any atom is -0.0152 e. The van der Waals surface area contributed by atoms with Crippen LogP contribution in [0.15, 0.2) is 352 Å². The van der Waals surface area contributed by atoms with E-state index in [1.165, 1.54) is 276 Å². The summed E-state index contributed by atoms with van der Waals surface area (Å²) in [6.07, 6.45) is 0. The monoisotopic (exact) mass is 1810 g/mol. The highest BCUT2D eigenvalue weighted by Crippen LogP contribution is 2.32. The van der Waals surface area contributed by atoms with Gasteiger partial charge in [-0.2, -0.15) is 0 Å². The van der Waals surface area contributed by atoms with Crippen molar-refractivity contribution in [2.45, 2.75) is 208 Å². The lowest BCUT2D eigenvalue weighted by atomic mass is 9.98. The van der Waals surface area contributed by atoms with Crippen LogP contribution in [0.5, 0.6) is 0 Å². The van der Waals surface area contributed by atoms with Crippen LogP contribution >= 0.6 is 0 Å². The maximum absolute atomic E-state index is 2.26. The third kappa shape index (κ3) is 29.5. The van der Waals surface area contributed by atoms with Crippen molar-refractivity contribution in [3.8, 4) is 44.5 Å². The van der Waals surface area contributed by atoms with Crippen molar-refractivity contribution < 1.29 is 0 Å². The number of benzene rings is 20. The standard InChI is InChI=1S/4C15H16.6C13H14/c2*1-11-4-7-14(8-5-11)15-9-6-12(2)13(3)10-15;2*1-11-4-7-14(8-5-11)15-9-6-12(2)10-13(15)3;2*1-9-4-7-13-11(3)10(2)5-6-12(13)8-9;2*1-9-4-5-12-7-10(2)6-11(3)13(12)8-9;2*1-9-4-5-12-7-10(2)11(3)8-13(12)6-9/h4*4-10H,1-3H3;6*4-8H,1-3H3. The van der Waals surface area contributed by atoms with Crippen molar-refractivity contribution in [3.05, 3.63) is 519 Å². The fourth-order valence-electron chi connectivity index (χ4n) is 17.5. The summed E-state index contributed by atoms with van der Waals surface area (Å²) in [5.74, 6) is 0. The topological polar surface area (TPSA) is 0 Å². The molecule has 0 radical (unpaired) electrons. The van der Waals surface area contributed by atoms with Crippen LogP contribution in [0.3, 0.4) is 0 Å². The summed E-state index contributed by atoms with van der Waals surface area (Å²) < 4.78 is 0. The zero-order valence-corrected chi connectivity index (χ0v) is 88.5. The van der Waals surface area contributed by atoms with Crippen LogP contribution in [0.25, 0.3) is 109 Å². The third-order valence-corrected chi connectivity index (χ3v) is 26.8. The van der Waals surface area contributed by atoms with Gasteiger partial charge in [-0.3, -0.25) is 0 Å². The van der Waals surface area contributed by atoms with Gasteiger partial charge in [0.15, 0.2) is 0 Å². The molecule has 0 unspecified atom stereocenters. The first kappa shape index (κ1) is 104. The first-order valence-electron chi connectivity index (χ1n) is 49.1. The molecule has 0 heteroatoms. The van der Waals surface area contributed by atoms with Crippen LogP contribution in [-0.4, -0.2) is 0 Å². The Morgan fingerprint density at radius 3 is 0.616 bits per heavy atom. The van der Waals surface area contributed by atoms with Crippen molar-refractivity contribution in [2.75, 3.05) is 0 Å². The minimum Gasteiger partial charge on any atom is -0.0587 e. The summed E-state index contributed by atoms with van der Waals surface area (Å²) >= 11 is 0. The van der Waals surface area contributed by atoms with Gasteiger partial charge in [-0.1, -0.05) is 430 Å². The molecule has 20 aromatic rings. The predicted molar refractivity (Wildman–Crippen MR) is 613 cm³/mol. The molecule has 0 saturated heterocycles. The second-order valence-corrected chi connectivity index (χ2v) is 39.3. The Hall–Kier alpha value is -14.0.